The fourth-order valence-corrected chi connectivity index (χ4v) is 3.89. The fourth-order valence-electron chi connectivity index (χ4n) is 3.89. The quantitative estimate of drug-likeness (QED) is 0.830. The second kappa shape index (κ2) is 5.16. The summed E-state index contributed by atoms with van der Waals surface area (Å²) in [5.74, 6) is 0. The minimum atomic E-state index is 0.397. The third kappa shape index (κ3) is 2.64. The van der Waals surface area contributed by atoms with Crippen LogP contribution in [0.2, 0.25) is 0 Å². The first-order chi connectivity index (χ1) is 9.19. The molecule has 0 unspecified atom stereocenters. The lowest BCUT2D eigenvalue weighted by Crippen LogP contribution is -2.61. The van der Waals surface area contributed by atoms with Gasteiger partial charge >= 0.3 is 0 Å². The molecule has 0 bridgehead atoms. The van der Waals surface area contributed by atoms with Gasteiger partial charge in [-0.05, 0) is 38.3 Å². The van der Waals surface area contributed by atoms with E-state index in [9.17, 15) is 0 Å². The number of aryl methyl sites for hydroxylation is 2. The van der Waals surface area contributed by atoms with Gasteiger partial charge in [0.25, 0.3) is 0 Å². The molecule has 0 aromatic heterocycles. The average molecular weight is 258 g/mol. The Hall–Kier alpha value is -1.02. The van der Waals surface area contributed by atoms with E-state index in [1.165, 1.54) is 55.5 Å². The Labute approximate surface area is 117 Å². The van der Waals surface area contributed by atoms with E-state index in [-0.39, 0.29) is 0 Å². The van der Waals surface area contributed by atoms with E-state index in [2.05, 4.69) is 42.3 Å². The maximum absolute atomic E-state index is 3.82. The first-order valence-electron chi connectivity index (χ1n) is 7.76. The number of nitrogens with one attached hydrogen (secondary N) is 1. The molecule has 0 atom stereocenters. The van der Waals surface area contributed by atoms with Gasteiger partial charge in [-0.15, -0.1) is 0 Å². The van der Waals surface area contributed by atoms with Crippen molar-refractivity contribution in [1.82, 2.24) is 5.32 Å². The van der Waals surface area contributed by atoms with E-state index in [4.69, 9.17) is 0 Å². The van der Waals surface area contributed by atoms with Crippen molar-refractivity contribution < 1.29 is 0 Å². The number of hydrogen-bond acceptors (Lipinski definition) is 2. The molecule has 2 nitrogen and oxygen atoms in total. The van der Waals surface area contributed by atoms with Gasteiger partial charge in [0, 0.05) is 30.9 Å². The van der Waals surface area contributed by atoms with E-state index >= 15 is 0 Å². The van der Waals surface area contributed by atoms with E-state index in [0.29, 0.717) is 5.54 Å². The second-order valence-electron chi connectivity index (χ2n) is 6.48. The molecule has 1 aliphatic carbocycles. The molecule has 1 aromatic carbocycles. The lowest BCUT2D eigenvalue weighted by atomic mass is 9.80. The molecular formula is C17H26N2. The van der Waals surface area contributed by atoms with Crippen LogP contribution in [0.15, 0.2) is 18.2 Å². The summed E-state index contributed by atoms with van der Waals surface area (Å²) in [5.41, 5.74) is 4.63. The summed E-state index contributed by atoms with van der Waals surface area (Å²) in [5, 5.41) is 3.82. The minimum absolute atomic E-state index is 0.397. The molecule has 1 spiro atoms. The molecular weight excluding hydrogens is 232 g/mol. The summed E-state index contributed by atoms with van der Waals surface area (Å²) in [6.45, 7) is 7.89. The summed E-state index contributed by atoms with van der Waals surface area (Å²) in [4.78, 5) is 2.61. The van der Waals surface area contributed by atoms with Crippen LogP contribution in [0.25, 0.3) is 0 Å². The lowest BCUT2D eigenvalue weighted by molar-refractivity contribution is 0.216. The fraction of sp³-hybridized carbons (Fsp3) is 0.647. The van der Waals surface area contributed by atoms with Gasteiger partial charge in [0.1, 0.15) is 0 Å². The van der Waals surface area contributed by atoms with Crippen LogP contribution in [0, 0.1) is 13.8 Å². The number of hydrogen-bond donors (Lipinski definition) is 1. The summed E-state index contributed by atoms with van der Waals surface area (Å²) in [6, 6.07) is 6.87. The molecule has 1 aliphatic heterocycles. The van der Waals surface area contributed by atoms with Crippen molar-refractivity contribution in [1.29, 1.82) is 0 Å². The zero-order valence-corrected chi connectivity index (χ0v) is 12.3. The van der Waals surface area contributed by atoms with Crippen molar-refractivity contribution >= 4 is 5.69 Å². The van der Waals surface area contributed by atoms with E-state index < -0.39 is 0 Å². The maximum Gasteiger partial charge on any atom is 0.0397 e. The molecule has 0 radical (unpaired) electrons. The first kappa shape index (κ1) is 13.0. The zero-order chi connectivity index (χ0) is 13.3. The van der Waals surface area contributed by atoms with Crippen LogP contribution in [-0.4, -0.2) is 25.2 Å². The molecule has 2 aliphatic rings. The van der Waals surface area contributed by atoms with Crippen LogP contribution in [0.4, 0.5) is 5.69 Å². The van der Waals surface area contributed by atoms with Crippen LogP contribution >= 0.6 is 0 Å². The summed E-state index contributed by atoms with van der Waals surface area (Å²) in [7, 11) is 0. The van der Waals surface area contributed by atoms with Gasteiger partial charge in [0.2, 0.25) is 0 Å². The Balaban J connectivity index is 1.81. The van der Waals surface area contributed by atoms with Crippen LogP contribution in [-0.2, 0) is 0 Å². The molecule has 1 N–H and O–H groups in total. The van der Waals surface area contributed by atoms with Crippen LogP contribution in [0.5, 0.6) is 0 Å². The molecule has 2 heteroatoms. The second-order valence-corrected chi connectivity index (χ2v) is 6.48. The van der Waals surface area contributed by atoms with E-state index in [0.717, 1.165) is 13.1 Å². The predicted molar refractivity (Wildman–Crippen MR) is 81.9 cm³/mol. The number of anilines is 1. The third-order valence-corrected chi connectivity index (χ3v) is 4.88. The molecule has 1 saturated heterocycles. The molecule has 1 saturated carbocycles. The van der Waals surface area contributed by atoms with Crippen molar-refractivity contribution in [2.24, 2.45) is 0 Å². The molecule has 1 aromatic rings. The molecule has 0 amide bonds. The average Bonchev–Trinajstić information content (AvgIpc) is 2.39. The van der Waals surface area contributed by atoms with Gasteiger partial charge < -0.3 is 10.2 Å². The summed E-state index contributed by atoms with van der Waals surface area (Å²) < 4.78 is 0. The Morgan fingerprint density at radius 2 is 1.89 bits per heavy atom. The highest BCUT2D eigenvalue weighted by molar-refractivity contribution is 5.55. The van der Waals surface area contributed by atoms with Crippen molar-refractivity contribution in [2.45, 2.75) is 51.5 Å². The maximum atomic E-state index is 3.82. The zero-order valence-electron chi connectivity index (χ0n) is 12.3. The standard InChI is InChI=1S/C17H26N2/c1-14-6-7-16(15(2)12-14)19-11-10-18-17(13-19)8-4-3-5-9-17/h6-7,12,18H,3-5,8-11,13H2,1-2H3. The van der Waals surface area contributed by atoms with Gasteiger partial charge in [-0.2, -0.15) is 0 Å². The third-order valence-electron chi connectivity index (χ3n) is 4.88. The normalized spacial score (nSPS) is 22.7. The Morgan fingerprint density at radius 1 is 1.11 bits per heavy atom. The van der Waals surface area contributed by atoms with Gasteiger partial charge in [0.05, 0.1) is 0 Å². The van der Waals surface area contributed by atoms with Crippen molar-refractivity contribution in [3.05, 3.63) is 29.3 Å². The SMILES string of the molecule is Cc1ccc(N2CCNC3(CCCCC3)C2)c(C)c1. The Kier molecular flexibility index (Phi) is 3.53. The number of rotatable bonds is 1. The molecule has 1 heterocycles. The largest absolute Gasteiger partial charge is 0.368 e. The lowest BCUT2D eigenvalue weighted by Gasteiger charge is -2.47. The van der Waals surface area contributed by atoms with Crippen molar-refractivity contribution in [3.63, 3.8) is 0 Å². The highest BCUT2D eigenvalue weighted by Gasteiger charge is 2.36. The Morgan fingerprint density at radius 3 is 2.63 bits per heavy atom. The molecule has 2 fully saturated rings. The van der Waals surface area contributed by atoms with Crippen molar-refractivity contribution in [2.75, 3.05) is 24.5 Å². The monoisotopic (exact) mass is 258 g/mol. The summed E-state index contributed by atoms with van der Waals surface area (Å²) in [6.07, 6.45) is 6.93. The first-order valence-corrected chi connectivity index (χ1v) is 7.76. The number of piperazine rings is 1. The molecule has 104 valence electrons. The van der Waals surface area contributed by atoms with E-state index in [1.54, 1.807) is 0 Å². The Bertz CT molecular complexity index is 441. The smallest absolute Gasteiger partial charge is 0.0397 e. The van der Waals surface area contributed by atoms with Crippen LogP contribution < -0.4 is 10.2 Å². The summed E-state index contributed by atoms with van der Waals surface area (Å²) >= 11 is 0. The van der Waals surface area contributed by atoms with Crippen LogP contribution in [0.1, 0.15) is 43.2 Å². The van der Waals surface area contributed by atoms with Gasteiger partial charge in [-0.3, -0.25) is 0 Å². The highest BCUT2D eigenvalue weighted by atomic mass is 15.2. The highest BCUT2D eigenvalue weighted by Crippen LogP contribution is 2.33. The van der Waals surface area contributed by atoms with Gasteiger partial charge in [-0.25, -0.2) is 0 Å². The van der Waals surface area contributed by atoms with Crippen LogP contribution in [0.3, 0.4) is 0 Å². The number of benzene rings is 1. The number of nitrogens with zero attached hydrogens (tertiary/aromatic N) is 1. The van der Waals surface area contributed by atoms with E-state index in [1.807, 2.05) is 0 Å². The van der Waals surface area contributed by atoms with Gasteiger partial charge in [-0.1, -0.05) is 37.0 Å². The van der Waals surface area contributed by atoms with Gasteiger partial charge in [0.15, 0.2) is 0 Å². The predicted octanol–water partition coefficient (Wildman–Crippen LogP) is 3.42. The topological polar surface area (TPSA) is 15.3 Å². The van der Waals surface area contributed by atoms with Crippen molar-refractivity contribution in [3.8, 4) is 0 Å². The molecule has 3 rings (SSSR count). The minimum Gasteiger partial charge on any atom is -0.368 e. The molecule has 19 heavy (non-hydrogen) atoms.